The first-order valence-electron chi connectivity index (χ1n) is 6.08. The third kappa shape index (κ3) is 4.18. The molecule has 0 aromatic rings. The summed E-state index contributed by atoms with van der Waals surface area (Å²) >= 11 is 0. The number of carboxylic acids is 1. The van der Waals surface area contributed by atoms with E-state index in [-0.39, 0.29) is 11.6 Å². The fourth-order valence-electron chi connectivity index (χ4n) is 1.91. The lowest BCUT2D eigenvalue weighted by Crippen LogP contribution is -2.56. The van der Waals surface area contributed by atoms with Crippen LogP contribution in [-0.2, 0) is 9.53 Å². The van der Waals surface area contributed by atoms with Crippen molar-refractivity contribution in [1.82, 2.24) is 10.6 Å². The number of aliphatic carboxylic acids is 1. The summed E-state index contributed by atoms with van der Waals surface area (Å²) in [6.07, 6.45) is 1.46. The van der Waals surface area contributed by atoms with E-state index in [1.807, 2.05) is 13.8 Å². The monoisotopic (exact) mass is 258 g/mol. The molecule has 2 amide bonds. The average molecular weight is 258 g/mol. The second-order valence-electron chi connectivity index (χ2n) is 5.83. The molecule has 1 saturated heterocycles. The summed E-state index contributed by atoms with van der Waals surface area (Å²) < 4.78 is 5.55. The van der Waals surface area contributed by atoms with E-state index in [4.69, 9.17) is 9.84 Å². The minimum Gasteiger partial charge on any atom is -0.480 e. The van der Waals surface area contributed by atoms with E-state index in [0.29, 0.717) is 13.0 Å². The Kier molecular flexibility index (Phi) is 4.21. The van der Waals surface area contributed by atoms with Crippen LogP contribution in [-0.4, -0.2) is 40.9 Å². The third-order valence-electron chi connectivity index (χ3n) is 2.99. The zero-order valence-corrected chi connectivity index (χ0v) is 11.4. The Morgan fingerprint density at radius 1 is 1.39 bits per heavy atom. The maximum atomic E-state index is 11.7. The summed E-state index contributed by atoms with van der Waals surface area (Å²) in [6, 6.07) is -0.441. The second kappa shape index (κ2) is 5.14. The van der Waals surface area contributed by atoms with Crippen LogP contribution < -0.4 is 10.6 Å². The van der Waals surface area contributed by atoms with Gasteiger partial charge in [-0.05, 0) is 40.5 Å². The van der Waals surface area contributed by atoms with E-state index in [1.165, 1.54) is 13.8 Å². The van der Waals surface area contributed by atoms with Crippen LogP contribution in [0.2, 0.25) is 0 Å². The van der Waals surface area contributed by atoms with Gasteiger partial charge in [0.25, 0.3) is 0 Å². The predicted molar refractivity (Wildman–Crippen MR) is 66.4 cm³/mol. The number of hydrogen-bond acceptors (Lipinski definition) is 3. The Labute approximate surface area is 107 Å². The first-order valence-corrected chi connectivity index (χ1v) is 6.08. The van der Waals surface area contributed by atoms with Crippen LogP contribution in [0, 0.1) is 0 Å². The number of hydrogen-bond donors (Lipinski definition) is 3. The summed E-state index contributed by atoms with van der Waals surface area (Å²) in [7, 11) is 0. The number of carbonyl (C=O) groups is 2. The molecule has 0 aliphatic carbocycles. The largest absolute Gasteiger partial charge is 0.480 e. The van der Waals surface area contributed by atoms with Crippen LogP contribution in [0.5, 0.6) is 0 Å². The molecule has 0 saturated carbocycles. The molecule has 3 N–H and O–H groups in total. The Bertz CT molecular complexity index is 339. The van der Waals surface area contributed by atoms with Crippen LogP contribution in [0.4, 0.5) is 4.79 Å². The smallest absolute Gasteiger partial charge is 0.328 e. The van der Waals surface area contributed by atoms with Crippen LogP contribution in [0.25, 0.3) is 0 Å². The van der Waals surface area contributed by atoms with Crippen molar-refractivity contribution in [3.8, 4) is 0 Å². The summed E-state index contributed by atoms with van der Waals surface area (Å²) in [5.41, 5.74) is -1.52. The van der Waals surface area contributed by atoms with E-state index in [1.54, 1.807) is 0 Å². The summed E-state index contributed by atoms with van der Waals surface area (Å²) in [5.74, 6) is -1.06. The zero-order valence-electron chi connectivity index (χ0n) is 11.4. The van der Waals surface area contributed by atoms with Crippen molar-refractivity contribution in [3.05, 3.63) is 0 Å². The third-order valence-corrected chi connectivity index (χ3v) is 2.99. The number of carboxylic acid groups (broad SMARTS) is 1. The van der Waals surface area contributed by atoms with E-state index in [2.05, 4.69) is 10.6 Å². The summed E-state index contributed by atoms with van der Waals surface area (Å²) in [5, 5.41) is 14.1. The lowest BCUT2D eigenvalue weighted by atomic mass is 9.94. The topological polar surface area (TPSA) is 87.7 Å². The Morgan fingerprint density at radius 3 is 2.50 bits per heavy atom. The molecule has 18 heavy (non-hydrogen) atoms. The molecule has 104 valence electrons. The highest BCUT2D eigenvalue weighted by Crippen LogP contribution is 2.23. The van der Waals surface area contributed by atoms with Crippen LogP contribution in [0.1, 0.15) is 40.5 Å². The number of amides is 2. The minimum atomic E-state index is -1.27. The van der Waals surface area contributed by atoms with Gasteiger partial charge >= 0.3 is 12.0 Å². The Balaban J connectivity index is 2.48. The second-order valence-corrected chi connectivity index (χ2v) is 5.83. The SMILES string of the molecule is CC1(C)CC(NC(=O)NC(C)(C)C(=O)O)CCO1. The molecule has 6 heteroatoms. The summed E-state index contributed by atoms with van der Waals surface area (Å²) in [4.78, 5) is 22.6. The van der Waals surface area contributed by atoms with Gasteiger partial charge in [0.05, 0.1) is 5.60 Å². The number of ether oxygens (including phenoxy) is 1. The van der Waals surface area contributed by atoms with Crippen molar-refractivity contribution in [2.24, 2.45) is 0 Å². The van der Waals surface area contributed by atoms with Crippen molar-refractivity contribution in [1.29, 1.82) is 0 Å². The van der Waals surface area contributed by atoms with Gasteiger partial charge in [-0.1, -0.05) is 0 Å². The number of carbonyl (C=O) groups excluding carboxylic acids is 1. The minimum absolute atomic E-state index is 0.0124. The Hall–Kier alpha value is -1.30. The average Bonchev–Trinajstić information content (AvgIpc) is 2.13. The quantitative estimate of drug-likeness (QED) is 0.707. The molecule has 0 bridgehead atoms. The molecule has 1 aliphatic heterocycles. The van der Waals surface area contributed by atoms with E-state index >= 15 is 0 Å². The molecule has 0 aromatic carbocycles. The predicted octanol–water partition coefficient (Wildman–Crippen LogP) is 1.11. The molecule has 0 radical (unpaired) electrons. The maximum absolute atomic E-state index is 11.7. The maximum Gasteiger partial charge on any atom is 0.328 e. The Morgan fingerprint density at radius 2 is 2.00 bits per heavy atom. The molecule has 0 spiro atoms. The van der Waals surface area contributed by atoms with Crippen LogP contribution in [0.3, 0.4) is 0 Å². The molecule has 1 rings (SSSR count). The molecule has 1 heterocycles. The fourth-order valence-corrected chi connectivity index (χ4v) is 1.91. The van der Waals surface area contributed by atoms with Crippen LogP contribution >= 0.6 is 0 Å². The number of rotatable bonds is 3. The highest BCUT2D eigenvalue weighted by atomic mass is 16.5. The van der Waals surface area contributed by atoms with Gasteiger partial charge in [0.2, 0.25) is 0 Å². The lowest BCUT2D eigenvalue weighted by Gasteiger charge is -2.36. The molecule has 0 aromatic heterocycles. The van der Waals surface area contributed by atoms with Crippen molar-refractivity contribution in [3.63, 3.8) is 0 Å². The van der Waals surface area contributed by atoms with Gasteiger partial charge in [0.1, 0.15) is 5.54 Å². The number of nitrogens with one attached hydrogen (secondary N) is 2. The van der Waals surface area contributed by atoms with Gasteiger partial charge in [-0.3, -0.25) is 0 Å². The fraction of sp³-hybridized carbons (Fsp3) is 0.833. The van der Waals surface area contributed by atoms with E-state index in [0.717, 1.165) is 6.42 Å². The highest BCUT2D eigenvalue weighted by Gasteiger charge is 2.32. The first-order chi connectivity index (χ1) is 8.12. The molecule has 6 nitrogen and oxygen atoms in total. The summed E-state index contributed by atoms with van der Waals surface area (Å²) in [6.45, 7) is 7.44. The van der Waals surface area contributed by atoms with Gasteiger partial charge in [0, 0.05) is 12.6 Å². The van der Waals surface area contributed by atoms with Gasteiger partial charge < -0.3 is 20.5 Å². The molecular formula is C12H22N2O4. The molecule has 1 fully saturated rings. The van der Waals surface area contributed by atoms with Crippen molar-refractivity contribution >= 4 is 12.0 Å². The molecule has 1 aliphatic rings. The van der Waals surface area contributed by atoms with Gasteiger partial charge in [0.15, 0.2) is 0 Å². The first kappa shape index (κ1) is 14.8. The van der Waals surface area contributed by atoms with Crippen molar-refractivity contribution in [2.75, 3.05) is 6.61 Å². The standard InChI is InChI=1S/C12H22N2O4/c1-11(2)7-8(5-6-18-11)13-10(17)14-12(3,4)9(15)16/h8H,5-7H2,1-4H3,(H,15,16)(H2,13,14,17). The van der Waals surface area contributed by atoms with Crippen molar-refractivity contribution < 1.29 is 19.4 Å². The van der Waals surface area contributed by atoms with Crippen LogP contribution in [0.15, 0.2) is 0 Å². The normalized spacial score (nSPS) is 23.2. The lowest BCUT2D eigenvalue weighted by molar-refractivity contribution is -0.142. The molecule has 1 unspecified atom stereocenters. The number of urea groups is 1. The van der Waals surface area contributed by atoms with Gasteiger partial charge in [-0.25, -0.2) is 9.59 Å². The zero-order chi connectivity index (χ0) is 14.0. The molecular weight excluding hydrogens is 236 g/mol. The van der Waals surface area contributed by atoms with E-state index < -0.39 is 17.5 Å². The van der Waals surface area contributed by atoms with E-state index in [9.17, 15) is 9.59 Å². The van der Waals surface area contributed by atoms with Gasteiger partial charge in [-0.15, -0.1) is 0 Å². The van der Waals surface area contributed by atoms with Crippen molar-refractivity contribution in [2.45, 2.75) is 57.7 Å². The molecule has 1 atom stereocenters. The highest BCUT2D eigenvalue weighted by molar-refractivity contribution is 5.85. The van der Waals surface area contributed by atoms with Gasteiger partial charge in [-0.2, -0.15) is 0 Å².